The molecule has 3 heterocycles. The number of fused-ring (bicyclic) bond motifs is 1. The highest BCUT2D eigenvalue weighted by atomic mass is 32.1. The molecule has 2 aromatic carbocycles. The molecule has 0 unspecified atom stereocenters. The van der Waals surface area contributed by atoms with Crippen LogP contribution < -0.4 is 5.32 Å². The van der Waals surface area contributed by atoms with Crippen LogP contribution in [0.25, 0.3) is 22.2 Å². The zero-order chi connectivity index (χ0) is 21.0. The Balaban J connectivity index is 1.17. The number of aromatic nitrogens is 2. The first-order valence-corrected chi connectivity index (χ1v) is 11.3. The van der Waals surface area contributed by atoms with E-state index in [0.29, 0.717) is 18.2 Å². The van der Waals surface area contributed by atoms with E-state index in [9.17, 15) is 4.79 Å². The van der Waals surface area contributed by atoms with Gasteiger partial charge in [-0.25, -0.2) is 9.78 Å². The van der Waals surface area contributed by atoms with Crippen LogP contribution in [-0.2, 0) is 6.54 Å². The Morgan fingerprint density at radius 2 is 1.77 bits per heavy atom. The summed E-state index contributed by atoms with van der Waals surface area (Å²) in [5.41, 5.74) is 4.22. The number of nitrogens with one attached hydrogen (secondary N) is 1. The number of urea groups is 1. The highest BCUT2D eigenvalue weighted by molar-refractivity contribution is 7.14. The number of piperazine rings is 1. The van der Waals surface area contributed by atoms with Gasteiger partial charge in [0.15, 0.2) is 5.13 Å². The van der Waals surface area contributed by atoms with Crippen LogP contribution in [0.3, 0.4) is 0 Å². The minimum Gasteiger partial charge on any atom is -0.322 e. The van der Waals surface area contributed by atoms with Gasteiger partial charge in [-0.15, -0.1) is 11.3 Å². The second-order valence-electron chi connectivity index (χ2n) is 7.59. The molecule has 6 nitrogen and oxygen atoms in total. The summed E-state index contributed by atoms with van der Waals surface area (Å²) in [7, 11) is 0. The maximum absolute atomic E-state index is 12.7. The first-order valence-electron chi connectivity index (χ1n) is 10.4. The van der Waals surface area contributed by atoms with Crippen molar-refractivity contribution in [1.82, 2.24) is 19.8 Å². The number of para-hydroxylation sites is 1. The predicted molar refractivity (Wildman–Crippen MR) is 125 cm³/mol. The Morgan fingerprint density at radius 1 is 0.968 bits per heavy atom. The van der Waals surface area contributed by atoms with Crippen LogP contribution in [0.2, 0.25) is 0 Å². The monoisotopic (exact) mass is 429 g/mol. The van der Waals surface area contributed by atoms with E-state index in [1.807, 2.05) is 52.9 Å². The minimum absolute atomic E-state index is 0.0829. The van der Waals surface area contributed by atoms with E-state index in [1.54, 1.807) is 0 Å². The molecule has 2 aromatic heterocycles. The van der Waals surface area contributed by atoms with Gasteiger partial charge < -0.3 is 4.90 Å². The molecule has 2 amide bonds. The third kappa shape index (κ3) is 4.42. The zero-order valence-corrected chi connectivity index (χ0v) is 17.9. The van der Waals surface area contributed by atoms with Crippen LogP contribution in [0.1, 0.15) is 5.56 Å². The number of carbonyl (C=O) groups is 1. The molecule has 7 heteroatoms. The number of thiazole rings is 1. The molecule has 4 aromatic rings. The van der Waals surface area contributed by atoms with Crippen molar-refractivity contribution < 1.29 is 4.79 Å². The maximum atomic E-state index is 12.7. The normalized spacial score (nSPS) is 14.6. The van der Waals surface area contributed by atoms with Crippen LogP contribution in [0.5, 0.6) is 0 Å². The van der Waals surface area contributed by atoms with Gasteiger partial charge in [-0.05, 0) is 11.6 Å². The van der Waals surface area contributed by atoms with Crippen LogP contribution in [0.4, 0.5) is 9.93 Å². The third-order valence-corrected chi connectivity index (χ3v) is 6.32. The summed E-state index contributed by atoms with van der Waals surface area (Å²) in [4.78, 5) is 26.1. The molecule has 0 radical (unpaired) electrons. The molecule has 0 aliphatic carbocycles. The number of benzene rings is 2. The molecule has 0 saturated carbocycles. The lowest BCUT2D eigenvalue weighted by atomic mass is 10.1. The summed E-state index contributed by atoms with van der Waals surface area (Å²) >= 11 is 1.45. The molecule has 1 aliphatic rings. The summed E-state index contributed by atoms with van der Waals surface area (Å²) in [5.74, 6) is 0. The van der Waals surface area contributed by atoms with Crippen LogP contribution in [0.15, 0.2) is 72.2 Å². The Kier molecular flexibility index (Phi) is 5.60. The smallest absolute Gasteiger partial charge is 0.322 e. The lowest BCUT2D eigenvalue weighted by Gasteiger charge is -2.34. The molecular formula is C24H23N5OS. The van der Waals surface area contributed by atoms with Gasteiger partial charge in [0, 0.05) is 55.3 Å². The van der Waals surface area contributed by atoms with Crippen molar-refractivity contribution in [3.05, 3.63) is 77.8 Å². The molecule has 0 spiro atoms. The molecule has 0 atom stereocenters. The fourth-order valence-electron chi connectivity index (χ4n) is 3.89. The van der Waals surface area contributed by atoms with Crippen LogP contribution in [-0.4, -0.2) is 52.0 Å². The first-order chi connectivity index (χ1) is 15.3. The van der Waals surface area contributed by atoms with Gasteiger partial charge in [0.2, 0.25) is 0 Å². The van der Waals surface area contributed by atoms with Gasteiger partial charge in [-0.1, -0.05) is 54.6 Å². The van der Waals surface area contributed by atoms with E-state index >= 15 is 0 Å². The van der Waals surface area contributed by atoms with Crippen molar-refractivity contribution >= 4 is 33.4 Å². The van der Waals surface area contributed by atoms with Gasteiger partial charge in [-0.2, -0.15) is 0 Å². The average Bonchev–Trinajstić information content (AvgIpc) is 3.29. The summed E-state index contributed by atoms with van der Waals surface area (Å²) < 4.78 is 0. The lowest BCUT2D eigenvalue weighted by molar-refractivity contribution is 0.143. The molecular weight excluding hydrogens is 406 g/mol. The van der Waals surface area contributed by atoms with E-state index in [4.69, 9.17) is 0 Å². The molecule has 1 aliphatic heterocycles. The molecule has 31 heavy (non-hydrogen) atoms. The van der Waals surface area contributed by atoms with E-state index in [1.165, 1.54) is 16.9 Å². The van der Waals surface area contributed by atoms with Crippen LogP contribution >= 0.6 is 11.3 Å². The maximum Gasteiger partial charge on any atom is 0.323 e. The fraction of sp³-hybridized carbons (Fsp3) is 0.208. The molecule has 156 valence electrons. The van der Waals surface area contributed by atoms with Crippen molar-refractivity contribution in [2.45, 2.75) is 6.54 Å². The Morgan fingerprint density at radius 3 is 2.61 bits per heavy atom. The number of hydrogen-bond donors (Lipinski definition) is 1. The van der Waals surface area contributed by atoms with E-state index < -0.39 is 0 Å². The van der Waals surface area contributed by atoms with E-state index in [2.05, 4.69) is 44.5 Å². The SMILES string of the molecule is O=C(Nc1nc(-c2ccccc2)cs1)N1CCN(Cc2cccc3cccnc23)CC1. The van der Waals surface area contributed by atoms with E-state index in [-0.39, 0.29) is 6.03 Å². The summed E-state index contributed by atoms with van der Waals surface area (Å²) in [5, 5.41) is 6.73. The number of amides is 2. The number of carbonyl (C=O) groups excluding carboxylic acids is 1. The number of rotatable bonds is 4. The average molecular weight is 430 g/mol. The molecule has 0 bridgehead atoms. The Hall–Kier alpha value is -3.29. The van der Waals surface area contributed by atoms with Crippen molar-refractivity contribution in [2.24, 2.45) is 0 Å². The molecule has 1 fully saturated rings. The number of nitrogens with zero attached hydrogens (tertiary/aromatic N) is 4. The summed E-state index contributed by atoms with van der Waals surface area (Å²) in [6.07, 6.45) is 1.84. The second-order valence-corrected chi connectivity index (χ2v) is 8.45. The topological polar surface area (TPSA) is 61.4 Å². The largest absolute Gasteiger partial charge is 0.323 e. The standard InChI is InChI=1S/C24H23N5OS/c30-24(27-23-26-21(17-31-23)18-6-2-1-3-7-18)29-14-12-28(13-15-29)16-20-9-4-8-19-10-5-11-25-22(19)20/h1-11,17H,12-16H2,(H,26,27,30). The number of hydrogen-bond acceptors (Lipinski definition) is 5. The van der Waals surface area contributed by atoms with Crippen molar-refractivity contribution in [2.75, 3.05) is 31.5 Å². The quantitative estimate of drug-likeness (QED) is 0.510. The molecule has 1 N–H and O–H groups in total. The van der Waals surface area contributed by atoms with Gasteiger partial charge in [0.1, 0.15) is 0 Å². The van der Waals surface area contributed by atoms with Crippen molar-refractivity contribution in [3.63, 3.8) is 0 Å². The summed E-state index contributed by atoms with van der Waals surface area (Å²) in [6.45, 7) is 3.91. The predicted octanol–water partition coefficient (Wildman–Crippen LogP) is 4.71. The van der Waals surface area contributed by atoms with E-state index in [0.717, 1.165) is 41.8 Å². The highest BCUT2D eigenvalue weighted by Gasteiger charge is 2.22. The molecule has 5 rings (SSSR count). The third-order valence-electron chi connectivity index (χ3n) is 5.56. The van der Waals surface area contributed by atoms with Gasteiger partial charge >= 0.3 is 6.03 Å². The fourth-order valence-corrected chi connectivity index (χ4v) is 4.60. The summed E-state index contributed by atoms with van der Waals surface area (Å²) in [6, 6.07) is 20.3. The van der Waals surface area contributed by atoms with Gasteiger partial charge in [-0.3, -0.25) is 15.2 Å². The van der Waals surface area contributed by atoms with Gasteiger partial charge in [0.25, 0.3) is 0 Å². The van der Waals surface area contributed by atoms with Crippen molar-refractivity contribution in [1.29, 1.82) is 0 Å². The lowest BCUT2D eigenvalue weighted by Crippen LogP contribution is -2.49. The second kappa shape index (κ2) is 8.83. The Bertz CT molecular complexity index is 1180. The first kappa shape index (κ1) is 19.7. The molecule has 1 saturated heterocycles. The number of anilines is 1. The number of pyridine rings is 1. The zero-order valence-electron chi connectivity index (χ0n) is 17.1. The van der Waals surface area contributed by atoms with Gasteiger partial charge in [0.05, 0.1) is 11.2 Å². The van der Waals surface area contributed by atoms with Crippen molar-refractivity contribution in [3.8, 4) is 11.3 Å². The minimum atomic E-state index is -0.0829. The Labute approximate surface area is 185 Å². The van der Waals surface area contributed by atoms with Crippen LogP contribution in [0, 0.1) is 0 Å². The highest BCUT2D eigenvalue weighted by Crippen LogP contribution is 2.25.